The fourth-order valence-electron chi connectivity index (χ4n) is 5.59. The number of hydrogen-bond donors (Lipinski definition) is 0. The van der Waals surface area contributed by atoms with Crippen LogP contribution in [0.3, 0.4) is 0 Å². The molecule has 0 bridgehead atoms. The average Bonchev–Trinajstić information content (AvgIpc) is 3.64. The van der Waals surface area contributed by atoms with Crippen molar-refractivity contribution in [3.8, 4) is 44.8 Å². The molecule has 0 fully saturated rings. The van der Waals surface area contributed by atoms with Crippen molar-refractivity contribution in [2.24, 2.45) is 0 Å². The molecule has 0 saturated carbocycles. The predicted molar refractivity (Wildman–Crippen MR) is 163 cm³/mol. The van der Waals surface area contributed by atoms with Gasteiger partial charge in [0.25, 0.3) is 0 Å². The molecule has 0 amide bonds. The van der Waals surface area contributed by atoms with E-state index >= 15 is 0 Å². The lowest BCUT2D eigenvalue weighted by molar-refractivity contribution is 0.621. The van der Waals surface area contributed by atoms with Gasteiger partial charge in [0.05, 0.1) is 0 Å². The van der Waals surface area contributed by atoms with Crippen LogP contribution in [-0.4, -0.2) is 4.98 Å². The summed E-state index contributed by atoms with van der Waals surface area (Å²) in [6.07, 6.45) is 0. The molecule has 2 aromatic heterocycles. The largest absolute Gasteiger partial charge is 0.455 e. The third-order valence-corrected chi connectivity index (χ3v) is 7.56. The third kappa shape index (κ3) is 3.63. The number of hydrogen-bond acceptors (Lipinski definition) is 3. The summed E-state index contributed by atoms with van der Waals surface area (Å²) in [5, 5.41) is 2.25. The smallest absolute Gasteiger partial charge is 0.227 e. The molecule has 0 aliphatic carbocycles. The van der Waals surface area contributed by atoms with Gasteiger partial charge in [0.15, 0.2) is 5.58 Å². The number of oxazole rings is 1. The first-order chi connectivity index (χ1) is 19.8. The first-order valence-electron chi connectivity index (χ1n) is 13.4. The van der Waals surface area contributed by atoms with Gasteiger partial charge in [-0.2, -0.15) is 0 Å². The summed E-state index contributed by atoms with van der Waals surface area (Å²) < 4.78 is 12.8. The van der Waals surface area contributed by atoms with Crippen LogP contribution in [0, 0.1) is 0 Å². The molecule has 6 aromatic carbocycles. The minimum absolute atomic E-state index is 0.601. The van der Waals surface area contributed by atoms with E-state index in [1.807, 2.05) is 42.5 Å². The second kappa shape index (κ2) is 9.11. The van der Waals surface area contributed by atoms with Crippen molar-refractivity contribution in [1.29, 1.82) is 0 Å². The SMILES string of the molecule is c1ccc(-c2ccc(-c3ccccc3)c3oc(-c4ccc(-c5cccc6c5oc5ccccc56)cc4)nc23)cc1. The quantitative estimate of drug-likeness (QED) is 0.235. The maximum atomic E-state index is 6.53. The van der Waals surface area contributed by atoms with Crippen LogP contribution in [0.4, 0.5) is 0 Å². The minimum Gasteiger partial charge on any atom is -0.455 e. The Balaban J connectivity index is 1.26. The van der Waals surface area contributed by atoms with E-state index in [2.05, 4.69) is 97.1 Å². The highest BCUT2D eigenvalue weighted by Gasteiger charge is 2.18. The monoisotopic (exact) mass is 513 g/mol. The van der Waals surface area contributed by atoms with Crippen LogP contribution in [0.5, 0.6) is 0 Å². The van der Waals surface area contributed by atoms with Crippen LogP contribution in [0.25, 0.3) is 77.9 Å². The van der Waals surface area contributed by atoms with Crippen molar-refractivity contribution in [1.82, 2.24) is 4.98 Å². The molecule has 3 heteroatoms. The average molecular weight is 514 g/mol. The van der Waals surface area contributed by atoms with E-state index in [0.717, 1.165) is 72.0 Å². The molecule has 188 valence electrons. The van der Waals surface area contributed by atoms with E-state index in [4.69, 9.17) is 13.8 Å². The van der Waals surface area contributed by atoms with Crippen molar-refractivity contribution in [2.75, 3.05) is 0 Å². The second-order valence-electron chi connectivity index (χ2n) is 9.95. The molecular formula is C37H23NO2. The maximum Gasteiger partial charge on any atom is 0.227 e. The van der Waals surface area contributed by atoms with Gasteiger partial charge >= 0.3 is 0 Å². The molecular weight excluding hydrogens is 490 g/mol. The van der Waals surface area contributed by atoms with Gasteiger partial charge in [-0.15, -0.1) is 0 Å². The van der Waals surface area contributed by atoms with Gasteiger partial charge in [-0.1, -0.05) is 115 Å². The molecule has 0 N–H and O–H groups in total. The van der Waals surface area contributed by atoms with Gasteiger partial charge in [-0.05, 0) is 41.0 Å². The molecule has 8 rings (SSSR count). The van der Waals surface area contributed by atoms with E-state index in [-0.39, 0.29) is 0 Å². The van der Waals surface area contributed by atoms with Crippen molar-refractivity contribution >= 4 is 33.0 Å². The molecule has 0 atom stereocenters. The molecule has 0 saturated heterocycles. The number of rotatable bonds is 4. The van der Waals surface area contributed by atoms with Crippen LogP contribution in [0.15, 0.2) is 148 Å². The summed E-state index contributed by atoms with van der Waals surface area (Å²) in [6.45, 7) is 0. The van der Waals surface area contributed by atoms with Gasteiger partial charge in [-0.25, -0.2) is 4.98 Å². The van der Waals surface area contributed by atoms with Crippen molar-refractivity contribution < 1.29 is 8.83 Å². The van der Waals surface area contributed by atoms with Crippen molar-refractivity contribution in [3.05, 3.63) is 140 Å². The third-order valence-electron chi connectivity index (χ3n) is 7.56. The summed E-state index contributed by atoms with van der Waals surface area (Å²) in [5.41, 5.74) is 10.8. The maximum absolute atomic E-state index is 6.53. The number of aromatic nitrogens is 1. The lowest BCUT2D eigenvalue weighted by Crippen LogP contribution is -1.84. The Morgan fingerprint density at radius 3 is 1.73 bits per heavy atom. The lowest BCUT2D eigenvalue weighted by Gasteiger charge is -2.06. The van der Waals surface area contributed by atoms with Crippen LogP contribution in [0.1, 0.15) is 0 Å². The Labute approximate surface area is 231 Å². The number of para-hydroxylation sites is 2. The van der Waals surface area contributed by atoms with E-state index in [1.165, 1.54) is 0 Å². The van der Waals surface area contributed by atoms with E-state index in [9.17, 15) is 0 Å². The fraction of sp³-hybridized carbons (Fsp3) is 0. The number of fused-ring (bicyclic) bond motifs is 4. The van der Waals surface area contributed by atoms with Crippen molar-refractivity contribution in [2.45, 2.75) is 0 Å². The molecule has 0 aliphatic rings. The highest BCUT2D eigenvalue weighted by Crippen LogP contribution is 2.39. The summed E-state index contributed by atoms with van der Waals surface area (Å²) in [4.78, 5) is 5.04. The van der Waals surface area contributed by atoms with Crippen LogP contribution in [0.2, 0.25) is 0 Å². The Morgan fingerprint density at radius 1 is 0.375 bits per heavy atom. The Hall–Kier alpha value is -5.41. The number of furan rings is 1. The zero-order chi connectivity index (χ0) is 26.5. The molecule has 0 aliphatic heterocycles. The highest BCUT2D eigenvalue weighted by atomic mass is 16.3. The molecule has 0 radical (unpaired) electrons. The van der Waals surface area contributed by atoms with Crippen molar-refractivity contribution in [3.63, 3.8) is 0 Å². The molecule has 2 heterocycles. The summed E-state index contributed by atoms with van der Waals surface area (Å²) in [7, 11) is 0. The Bertz CT molecular complexity index is 2060. The van der Waals surface area contributed by atoms with E-state index < -0.39 is 0 Å². The molecule has 0 unspecified atom stereocenters. The Kier molecular flexibility index (Phi) is 5.14. The van der Waals surface area contributed by atoms with Gasteiger partial charge in [0.2, 0.25) is 5.89 Å². The highest BCUT2D eigenvalue weighted by molar-refractivity contribution is 6.09. The minimum atomic E-state index is 0.601. The topological polar surface area (TPSA) is 39.2 Å². The molecule has 3 nitrogen and oxygen atoms in total. The van der Waals surface area contributed by atoms with Gasteiger partial charge in [0.1, 0.15) is 16.7 Å². The predicted octanol–water partition coefficient (Wildman–Crippen LogP) is 10.4. The Morgan fingerprint density at radius 2 is 0.950 bits per heavy atom. The molecule has 40 heavy (non-hydrogen) atoms. The summed E-state index contributed by atoms with van der Waals surface area (Å²) in [5.74, 6) is 0.601. The normalized spacial score (nSPS) is 11.5. The zero-order valence-corrected chi connectivity index (χ0v) is 21.5. The van der Waals surface area contributed by atoms with Gasteiger partial charge in [-0.3, -0.25) is 0 Å². The zero-order valence-electron chi connectivity index (χ0n) is 21.5. The van der Waals surface area contributed by atoms with E-state index in [0.29, 0.717) is 5.89 Å². The van der Waals surface area contributed by atoms with Gasteiger partial charge < -0.3 is 8.83 Å². The van der Waals surface area contributed by atoms with E-state index in [1.54, 1.807) is 0 Å². The first-order valence-corrected chi connectivity index (χ1v) is 13.4. The molecule has 8 aromatic rings. The van der Waals surface area contributed by atoms with Gasteiger partial charge in [0, 0.05) is 33.0 Å². The fourth-order valence-corrected chi connectivity index (χ4v) is 5.59. The first kappa shape index (κ1) is 22.6. The number of nitrogens with zero attached hydrogens (tertiary/aromatic N) is 1. The van der Waals surface area contributed by atoms with Crippen LogP contribution >= 0.6 is 0 Å². The standard InChI is InChI=1S/C37H23NO2/c1-3-10-24(11-4-1)28-22-23-30(25-12-5-2-6-13-25)36-34(28)38-37(40-36)27-20-18-26(19-21-27)29-15-9-16-32-31-14-7-8-17-33(31)39-35(29)32/h1-23H. The molecule has 0 spiro atoms. The summed E-state index contributed by atoms with van der Waals surface area (Å²) >= 11 is 0. The van der Waals surface area contributed by atoms with Crippen LogP contribution < -0.4 is 0 Å². The number of benzene rings is 6. The van der Waals surface area contributed by atoms with Crippen LogP contribution in [-0.2, 0) is 0 Å². The lowest BCUT2D eigenvalue weighted by atomic mass is 9.98. The summed E-state index contributed by atoms with van der Waals surface area (Å²) in [6, 6.07) is 47.8. The second-order valence-corrected chi connectivity index (χ2v) is 9.95.